The number of carbonyl (C=O) groups is 1. The third-order valence-electron chi connectivity index (χ3n) is 6.02. The molecule has 0 unspecified atom stereocenters. The number of aryl methyl sites for hydroxylation is 1. The molecule has 0 saturated carbocycles. The number of piperazine rings is 1. The van der Waals surface area contributed by atoms with Gasteiger partial charge in [0.25, 0.3) is 5.56 Å². The Bertz CT molecular complexity index is 1310. The van der Waals surface area contributed by atoms with Gasteiger partial charge in [-0.25, -0.2) is 4.98 Å². The Hall–Kier alpha value is -3.52. The highest BCUT2D eigenvalue weighted by atomic mass is 16.2. The maximum Gasteiger partial charge on any atom is 0.264 e. The summed E-state index contributed by atoms with van der Waals surface area (Å²) in [5.41, 5.74) is 1.59. The molecule has 0 atom stereocenters. The Kier molecular flexibility index (Phi) is 4.99. The van der Waals surface area contributed by atoms with Crippen LogP contribution in [-0.4, -0.2) is 61.2 Å². The number of fused-ring (bicyclic) bond motifs is 2. The number of hydrogen-bond donors (Lipinski definition) is 0. The summed E-state index contributed by atoms with van der Waals surface area (Å²) >= 11 is 0. The number of benzene rings is 2. The van der Waals surface area contributed by atoms with E-state index in [1.807, 2.05) is 4.90 Å². The van der Waals surface area contributed by atoms with Crippen molar-refractivity contribution in [2.75, 3.05) is 26.2 Å². The molecule has 8 heteroatoms. The van der Waals surface area contributed by atoms with Crippen molar-refractivity contribution in [1.29, 1.82) is 0 Å². The van der Waals surface area contributed by atoms with Crippen molar-refractivity contribution in [3.8, 4) is 0 Å². The van der Waals surface area contributed by atoms with Crippen LogP contribution in [0, 0.1) is 0 Å². The summed E-state index contributed by atoms with van der Waals surface area (Å²) in [6, 6.07) is 14.8. The van der Waals surface area contributed by atoms with Crippen LogP contribution in [0.2, 0.25) is 0 Å². The topological polar surface area (TPSA) is 76.3 Å². The van der Waals surface area contributed by atoms with Crippen LogP contribution in [0.1, 0.15) is 5.56 Å². The minimum Gasteiger partial charge on any atom is -0.339 e. The van der Waals surface area contributed by atoms with Crippen molar-refractivity contribution in [2.45, 2.75) is 13.1 Å². The summed E-state index contributed by atoms with van der Waals surface area (Å²) in [6.07, 6.45) is 2.93. The molecule has 4 aromatic rings. The van der Waals surface area contributed by atoms with Gasteiger partial charge in [0.05, 0.1) is 6.20 Å². The molecule has 8 nitrogen and oxygen atoms in total. The van der Waals surface area contributed by atoms with Gasteiger partial charge in [0.15, 0.2) is 5.65 Å². The predicted molar refractivity (Wildman–Crippen MR) is 119 cm³/mol. The van der Waals surface area contributed by atoms with Gasteiger partial charge in [-0.15, -0.1) is 0 Å². The van der Waals surface area contributed by atoms with E-state index in [0.29, 0.717) is 24.1 Å². The zero-order valence-corrected chi connectivity index (χ0v) is 17.4. The molecular formula is C23H24N6O2. The molecule has 31 heavy (non-hydrogen) atoms. The first kappa shape index (κ1) is 19.4. The Labute approximate surface area is 179 Å². The van der Waals surface area contributed by atoms with Crippen molar-refractivity contribution < 1.29 is 4.79 Å². The van der Waals surface area contributed by atoms with Gasteiger partial charge < -0.3 is 4.90 Å². The fourth-order valence-electron chi connectivity index (χ4n) is 4.25. The van der Waals surface area contributed by atoms with Crippen LogP contribution < -0.4 is 5.56 Å². The molecule has 1 amide bonds. The Morgan fingerprint density at radius 2 is 1.77 bits per heavy atom. The molecule has 2 aromatic carbocycles. The number of rotatable bonds is 4. The molecule has 1 fully saturated rings. The predicted octanol–water partition coefficient (Wildman–Crippen LogP) is 1.63. The summed E-state index contributed by atoms with van der Waals surface area (Å²) in [6.45, 7) is 3.79. The average molecular weight is 416 g/mol. The minimum atomic E-state index is -0.235. The molecule has 0 N–H and O–H groups in total. The second-order valence-electron chi connectivity index (χ2n) is 7.98. The van der Waals surface area contributed by atoms with Gasteiger partial charge in [-0.05, 0) is 16.3 Å². The number of hydrogen-bond acceptors (Lipinski definition) is 5. The maximum atomic E-state index is 12.8. The van der Waals surface area contributed by atoms with Crippen molar-refractivity contribution in [3.05, 3.63) is 70.9 Å². The van der Waals surface area contributed by atoms with Gasteiger partial charge in [0.1, 0.15) is 18.3 Å². The van der Waals surface area contributed by atoms with E-state index < -0.39 is 0 Å². The molecule has 1 aliphatic heterocycles. The first-order chi connectivity index (χ1) is 15.1. The van der Waals surface area contributed by atoms with Crippen LogP contribution >= 0.6 is 0 Å². The standard InChI is InChI=1S/C23H24N6O2/c1-26-22-20(13-25-26)23(31)29(16-24-22)15-21(30)28-11-9-27(10-12-28)14-18-7-4-6-17-5-2-3-8-19(17)18/h2-8,13,16H,9-12,14-15H2,1H3. The zero-order valence-electron chi connectivity index (χ0n) is 17.4. The number of nitrogens with zero attached hydrogens (tertiary/aromatic N) is 6. The third kappa shape index (κ3) is 3.70. The number of carbonyl (C=O) groups excluding carboxylic acids is 1. The molecule has 0 aliphatic carbocycles. The SMILES string of the molecule is Cn1ncc2c(=O)n(CC(=O)N3CCN(Cc4cccc5ccccc45)CC3)cnc21. The van der Waals surface area contributed by atoms with Gasteiger partial charge in [-0.3, -0.25) is 23.7 Å². The van der Waals surface area contributed by atoms with Crippen LogP contribution in [0.4, 0.5) is 0 Å². The molecular weight excluding hydrogens is 392 g/mol. The fourth-order valence-corrected chi connectivity index (χ4v) is 4.25. The Balaban J connectivity index is 1.23. The van der Waals surface area contributed by atoms with Crippen LogP contribution in [0.3, 0.4) is 0 Å². The number of aromatic nitrogens is 4. The van der Waals surface area contributed by atoms with Crippen molar-refractivity contribution in [3.63, 3.8) is 0 Å². The fraction of sp³-hybridized carbons (Fsp3) is 0.304. The normalized spacial score (nSPS) is 15.1. The summed E-state index contributed by atoms with van der Waals surface area (Å²) in [4.78, 5) is 33.9. The van der Waals surface area contributed by atoms with E-state index in [2.05, 4.69) is 57.4 Å². The lowest BCUT2D eigenvalue weighted by atomic mass is 10.0. The van der Waals surface area contributed by atoms with E-state index in [0.717, 1.165) is 19.6 Å². The van der Waals surface area contributed by atoms with Gasteiger partial charge in [-0.1, -0.05) is 42.5 Å². The quantitative estimate of drug-likeness (QED) is 0.505. The summed E-state index contributed by atoms with van der Waals surface area (Å²) in [5, 5.41) is 7.02. The highest BCUT2D eigenvalue weighted by Crippen LogP contribution is 2.20. The molecule has 0 spiro atoms. The Morgan fingerprint density at radius 3 is 2.61 bits per heavy atom. The van der Waals surface area contributed by atoms with Crippen LogP contribution in [-0.2, 0) is 24.9 Å². The Morgan fingerprint density at radius 1 is 1.00 bits per heavy atom. The van der Waals surface area contributed by atoms with E-state index in [1.165, 1.54) is 33.4 Å². The number of amides is 1. The van der Waals surface area contributed by atoms with Crippen molar-refractivity contribution >= 4 is 27.7 Å². The molecule has 2 aromatic heterocycles. The molecule has 0 radical (unpaired) electrons. The highest BCUT2D eigenvalue weighted by Gasteiger charge is 2.22. The van der Waals surface area contributed by atoms with Crippen molar-refractivity contribution in [1.82, 2.24) is 29.1 Å². The highest BCUT2D eigenvalue weighted by molar-refractivity contribution is 5.85. The lowest BCUT2D eigenvalue weighted by Crippen LogP contribution is -2.49. The second-order valence-corrected chi connectivity index (χ2v) is 7.98. The lowest BCUT2D eigenvalue weighted by Gasteiger charge is -2.35. The summed E-state index contributed by atoms with van der Waals surface area (Å²) in [5.74, 6) is -0.0584. The maximum absolute atomic E-state index is 12.8. The summed E-state index contributed by atoms with van der Waals surface area (Å²) in [7, 11) is 1.74. The van der Waals surface area contributed by atoms with Gasteiger partial charge in [0.2, 0.25) is 5.91 Å². The molecule has 1 aliphatic rings. The van der Waals surface area contributed by atoms with E-state index in [4.69, 9.17) is 0 Å². The van der Waals surface area contributed by atoms with Gasteiger partial charge >= 0.3 is 0 Å². The first-order valence-corrected chi connectivity index (χ1v) is 10.4. The monoisotopic (exact) mass is 416 g/mol. The second kappa shape index (κ2) is 7.96. The molecule has 3 heterocycles. The largest absolute Gasteiger partial charge is 0.339 e. The van der Waals surface area contributed by atoms with Gasteiger partial charge in [0, 0.05) is 39.8 Å². The van der Waals surface area contributed by atoms with E-state index in [9.17, 15) is 9.59 Å². The lowest BCUT2D eigenvalue weighted by molar-refractivity contribution is -0.133. The summed E-state index contributed by atoms with van der Waals surface area (Å²) < 4.78 is 2.92. The average Bonchev–Trinajstić information content (AvgIpc) is 3.18. The molecule has 5 rings (SSSR count). The molecule has 1 saturated heterocycles. The molecule has 0 bridgehead atoms. The van der Waals surface area contributed by atoms with Crippen LogP contribution in [0.5, 0.6) is 0 Å². The van der Waals surface area contributed by atoms with E-state index >= 15 is 0 Å². The first-order valence-electron chi connectivity index (χ1n) is 10.4. The molecule has 158 valence electrons. The zero-order chi connectivity index (χ0) is 21.4. The van der Waals surface area contributed by atoms with E-state index in [1.54, 1.807) is 11.7 Å². The van der Waals surface area contributed by atoms with Crippen molar-refractivity contribution in [2.24, 2.45) is 7.05 Å². The van der Waals surface area contributed by atoms with Crippen LogP contribution in [0.15, 0.2) is 59.8 Å². The van der Waals surface area contributed by atoms with Crippen LogP contribution in [0.25, 0.3) is 21.8 Å². The van der Waals surface area contributed by atoms with Gasteiger partial charge in [-0.2, -0.15) is 5.10 Å². The smallest absolute Gasteiger partial charge is 0.264 e. The third-order valence-corrected chi connectivity index (χ3v) is 6.02. The van der Waals surface area contributed by atoms with E-state index in [-0.39, 0.29) is 18.0 Å². The minimum absolute atomic E-state index is 0.00000947.